The highest BCUT2D eigenvalue weighted by Crippen LogP contribution is 2.22. The zero-order chi connectivity index (χ0) is 17.4. The largest absolute Gasteiger partial charge is 0.454 e. The van der Waals surface area contributed by atoms with Gasteiger partial charge in [0.1, 0.15) is 6.54 Å². The molecule has 1 aromatic carbocycles. The van der Waals surface area contributed by atoms with Gasteiger partial charge in [-0.3, -0.25) is 14.4 Å². The van der Waals surface area contributed by atoms with E-state index in [1.807, 2.05) is 13.8 Å². The molecule has 0 fully saturated rings. The Morgan fingerprint density at radius 2 is 1.83 bits per heavy atom. The normalized spacial score (nSPS) is 10.3. The standard InChI is InChI=1S/C15H18Cl2N2O4/c1-9(2)6-18-13(20)8-23-14(21)7-19-15(22)10-3-4-11(16)12(17)5-10/h3-5,9H,6-8H2,1-2H3,(H,18,20)(H,19,22). The lowest BCUT2D eigenvalue weighted by Crippen LogP contribution is -2.35. The maximum atomic E-state index is 11.8. The topological polar surface area (TPSA) is 84.5 Å². The molecule has 2 N–H and O–H groups in total. The van der Waals surface area contributed by atoms with Gasteiger partial charge in [0.15, 0.2) is 6.61 Å². The van der Waals surface area contributed by atoms with Crippen LogP contribution >= 0.6 is 23.2 Å². The summed E-state index contributed by atoms with van der Waals surface area (Å²) >= 11 is 11.6. The predicted molar refractivity (Wildman–Crippen MR) is 87.6 cm³/mol. The molecule has 0 aromatic heterocycles. The summed E-state index contributed by atoms with van der Waals surface area (Å²) in [5, 5.41) is 5.55. The first-order chi connectivity index (χ1) is 10.8. The monoisotopic (exact) mass is 360 g/mol. The molecular formula is C15H18Cl2N2O4. The first-order valence-electron chi connectivity index (χ1n) is 6.95. The molecule has 2 amide bonds. The van der Waals surface area contributed by atoms with Gasteiger partial charge < -0.3 is 15.4 Å². The summed E-state index contributed by atoms with van der Waals surface area (Å²) < 4.78 is 4.75. The smallest absolute Gasteiger partial charge is 0.325 e. The lowest BCUT2D eigenvalue weighted by atomic mass is 10.2. The molecule has 23 heavy (non-hydrogen) atoms. The summed E-state index contributed by atoms with van der Waals surface area (Å²) in [6, 6.07) is 4.36. The molecule has 0 aliphatic heterocycles. The number of ether oxygens (including phenoxy) is 1. The van der Waals surface area contributed by atoms with E-state index < -0.39 is 11.9 Å². The van der Waals surface area contributed by atoms with E-state index in [1.165, 1.54) is 18.2 Å². The molecule has 126 valence electrons. The Kier molecular flexibility index (Phi) is 7.85. The summed E-state index contributed by atoms with van der Waals surface area (Å²) in [5.41, 5.74) is 0.266. The Hall–Kier alpha value is -1.79. The number of rotatable bonds is 7. The second-order valence-electron chi connectivity index (χ2n) is 5.17. The molecule has 1 rings (SSSR count). The second-order valence-corrected chi connectivity index (χ2v) is 5.98. The second kappa shape index (κ2) is 9.37. The predicted octanol–water partition coefficient (Wildman–Crippen LogP) is 2.04. The van der Waals surface area contributed by atoms with E-state index in [1.54, 1.807) is 0 Å². The fourth-order valence-electron chi connectivity index (χ4n) is 1.46. The van der Waals surface area contributed by atoms with Crippen LogP contribution in [0.4, 0.5) is 0 Å². The van der Waals surface area contributed by atoms with Crippen molar-refractivity contribution in [1.82, 2.24) is 10.6 Å². The molecule has 0 aliphatic carbocycles. The molecule has 0 heterocycles. The minimum atomic E-state index is -0.710. The maximum Gasteiger partial charge on any atom is 0.325 e. The number of nitrogens with one attached hydrogen (secondary N) is 2. The molecular weight excluding hydrogens is 343 g/mol. The number of carbonyl (C=O) groups excluding carboxylic acids is 3. The van der Waals surface area contributed by atoms with Crippen molar-refractivity contribution < 1.29 is 19.1 Å². The van der Waals surface area contributed by atoms with E-state index in [2.05, 4.69) is 10.6 Å². The quantitative estimate of drug-likeness (QED) is 0.728. The summed E-state index contributed by atoms with van der Waals surface area (Å²) in [4.78, 5) is 34.7. The van der Waals surface area contributed by atoms with Gasteiger partial charge in [-0.15, -0.1) is 0 Å². The number of esters is 1. The first-order valence-corrected chi connectivity index (χ1v) is 7.70. The number of carbonyl (C=O) groups is 3. The fourth-order valence-corrected chi connectivity index (χ4v) is 1.76. The van der Waals surface area contributed by atoms with Gasteiger partial charge in [-0.05, 0) is 24.1 Å². The van der Waals surface area contributed by atoms with Crippen LogP contribution in [0.1, 0.15) is 24.2 Å². The third kappa shape index (κ3) is 7.34. The number of hydrogen-bond acceptors (Lipinski definition) is 4. The Balaban J connectivity index is 2.33. The van der Waals surface area contributed by atoms with E-state index in [0.717, 1.165) is 0 Å². The zero-order valence-electron chi connectivity index (χ0n) is 12.8. The Bertz CT molecular complexity index is 591. The van der Waals surface area contributed by atoms with Crippen LogP contribution in [0.2, 0.25) is 10.0 Å². The van der Waals surface area contributed by atoms with Crippen LogP contribution in [0.15, 0.2) is 18.2 Å². The van der Waals surface area contributed by atoms with Crippen LogP contribution in [0, 0.1) is 5.92 Å². The fraction of sp³-hybridized carbons (Fsp3) is 0.400. The number of benzene rings is 1. The van der Waals surface area contributed by atoms with Gasteiger partial charge in [0.2, 0.25) is 0 Å². The van der Waals surface area contributed by atoms with Crippen molar-refractivity contribution in [3.05, 3.63) is 33.8 Å². The van der Waals surface area contributed by atoms with Crippen LogP contribution in [0.3, 0.4) is 0 Å². The molecule has 1 aromatic rings. The van der Waals surface area contributed by atoms with Gasteiger partial charge in [-0.1, -0.05) is 37.0 Å². The molecule has 0 spiro atoms. The van der Waals surface area contributed by atoms with Crippen LogP contribution in [0.25, 0.3) is 0 Å². The Morgan fingerprint density at radius 1 is 1.13 bits per heavy atom. The van der Waals surface area contributed by atoms with Gasteiger partial charge in [0.25, 0.3) is 11.8 Å². The Morgan fingerprint density at radius 3 is 2.43 bits per heavy atom. The number of hydrogen-bond donors (Lipinski definition) is 2. The van der Waals surface area contributed by atoms with Gasteiger partial charge in [-0.2, -0.15) is 0 Å². The van der Waals surface area contributed by atoms with Gasteiger partial charge in [0.05, 0.1) is 10.0 Å². The van der Waals surface area contributed by atoms with Crippen molar-refractivity contribution in [1.29, 1.82) is 0 Å². The summed E-state index contributed by atoms with van der Waals surface area (Å²) in [6.07, 6.45) is 0. The molecule has 0 aliphatic rings. The average molecular weight is 361 g/mol. The Labute approximate surface area is 144 Å². The molecule has 0 radical (unpaired) electrons. The lowest BCUT2D eigenvalue weighted by Gasteiger charge is -2.09. The highest BCUT2D eigenvalue weighted by molar-refractivity contribution is 6.42. The molecule has 0 atom stereocenters. The molecule has 0 unspecified atom stereocenters. The highest BCUT2D eigenvalue weighted by atomic mass is 35.5. The zero-order valence-corrected chi connectivity index (χ0v) is 14.3. The van der Waals surface area contributed by atoms with Gasteiger partial charge in [-0.25, -0.2) is 0 Å². The first kappa shape index (κ1) is 19.3. The van der Waals surface area contributed by atoms with Gasteiger partial charge in [0, 0.05) is 12.1 Å². The van der Waals surface area contributed by atoms with Crippen molar-refractivity contribution in [2.75, 3.05) is 19.7 Å². The van der Waals surface area contributed by atoms with E-state index in [0.29, 0.717) is 17.5 Å². The molecule has 0 saturated carbocycles. The maximum absolute atomic E-state index is 11.8. The van der Waals surface area contributed by atoms with Crippen LogP contribution < -0.4 is 10.6 Å². The van der Waals surface area contributed by atoms with Crippen molar-refractivity contribution in [3.63, 3.8) is 0 Å². The third-order valence-corrected chi connectivity index (χ3v) is 3.39. The minimum Gasteiger partial charge on any atom is -0.454 e. The van der Waals surface area contributed by atoms with E-state index in [9.17, 15) is 14.4 Å². The number of halogens is 2. The van der Waals surface area contributed by atoms with Gasteiger partial charge >= 0.3 is 5.97 Å². The molecule has 8 heteroatoms. The van der Waals surface area contributed by atoms with Crippen molar-refractivity contribution in [3.8, 4) is 0 Å². The van der Waals surface area contributed by atoms with Crippen LogP contribution in [-0.2, 0) is 14.3 Å². The van der Waals surface area contributed by atoms with Crippen LogP contribution in [-0.4, -0.2) is 37.5 Å². The van der Waals surface area contributed by atoms with Crippen molar-refractivity contribution in [2.24, 2.45) is 5.92 Å². The average Bonchev–Trinajstić information content (AvgIpc) is 2.51. The summed E-state index contributed by atoms with van der Waals surface area (Å²) in [6.45, 7) is 3.67. The summed E-state index contributed by atoms with van der Waals surface area (Å²) in [5.74, 6) is -1.29. The molecule has 0 saturated heterocycles. The summed E-state index contributed by atoms with van der Waals surface area (Å²) in [7, 11) is 0. The highest BCUT2D eigenvalue weighted by Gasteiger charge is 2.12. The molecule has 0 bridgehead atoms. The van der Waals surface area contributed by atoms with Crippen LogP contribution in [0.5, 0.6) is 0 Å². The van der Waals surface area contributed by atoms with Crippen molar-refractivity contribution in [2.45, 2.75) is 13.8 Å². The lowest BCUT2D eigenvalue weighted by molar-refractivity contribution is -0.147. The third-order valence-electron chi connectivity index (χ3n) is 2.65. The van der Waals surface area contributed by atoms with Crippen molar-refractivity contribution >= 4 is 41.0 Å². The molecule has 6 nitrogen and oxygen atoms in total. The minimum absolute atomic E-state index is 0.240. The van der Waals surface area contributed by atoms with E-state index in [4.69, 9.17) is 27.9 Å². The van der Waals surface area contributed by atoms with E-state index >= 15 is 0 Å². The SMILES string of the molecule is CC(C)CNC(=O)COC(=O)CNC(=O)c1ccc(Cl)c(Cl)c1. The van der Waals surface area contributed by atoms with E-state index in [-0.39, 0.29) is 29.6 Å². The number of amides is 2.